The van der Waals surface area contributed by atoms with Crippen molar-refractivity contribution < 1.29 is 0 Å². The molecule has 1 nitrogen and oxygen atoms in total. The van der Waals surface area contributed by atoms with Gasteiger partial charge in [0.05, 0.1) is 0 Å². The van der Waals surface area contributed by atoms with Crippen LogP contribution in [0.5, 0.6) is 0 Å². The number of hydrogen-bond donors (Lipinski definition) is 0. The lowest BCUT2D eigenvalue weighted by atomic mass is 9.25. The van der Waals surface area contributed by atoms with Crippen molar-refractivity contribution in [3.63, 3.8) is 0 Å². The molecule has 0 spiro atoms. The molecule has 0 atom stereocenters. The predicted molar refractivity (Wildman–Crippen MR) is 106 cm³/mol. The quantitative estimate of drug-likeness (QED) is 0.471. The summed E-state index contributed by atoms with van der Waals surface area (Å²) in [6.45, 7) is 8.04. The zero-order valence-electron chi connectivity index (χ0n) is 12.6. The lowest BCUT2D eigenvalue weighted by Crippen LogP contribution is -2.64. The van der Waals surface area contributed by atoms with Crippen molar-refractivity contribution in [2.75, 3.05) is 0 Å². The molecule has 0 radical (unpaired) electrons. The van der Waals surface area contributed by atoms with Crippen molar-refractivity contribution >= 4 is 57.5 Å². The minimum absolute atomic E-state index is 0.639. The van der Waals surface area contributed by atoms with Crippen molar-refractivity contribution in [1.82, 2.24) is 0 Å². The van der Waals surface area contributed by atoms with Gasteiger partial charge in [0, 0.05) is 15.1 Å². The van der Waals surface area contributed by atoms with E-state index in [-0.39, 0.29) is 0 Å². The number of nitrogens with zero attached hydrogens (tertiary/aromatic N) is 1. The van der Waals surface area contributed by atoms with Gasteiger partial charge in [0.25, 0.3) is 0 Å². The van der Waals surface area contributed by atoms with Gasteiger partial charge in [-0.1, -0.05) is 71.2 Å². The molecule has 0 saturated carbocycles. The Kier molecular flexibility index (Phi) is 4.87. The molecule has 0 aromatic heterocycles. The van der Waals surface area contributed by atoms with Gasteiger partial charge in [-0.25, -0.2) is 0 Å². The SMILES string of the molecule is [C-]#[N+][B-](c1ccc(Cl)cc1)(c1ccc(Cl)cc1)c1ccc(Cl)cc1. The third-order valence-corrected chi connectivity index (χ3v) is 5.01. The normalized spacial score (nSPS) is 11.1. The van der Waals surface area contributed by atoms with Crippen LogP contribution in [0.2, 0.25) is 15.1 Å². The second-order valence-electron chi connectivity index (χ2n) is 5.60. The Balaban J connectivity index is 2.30. The van der Waals surface area contributed by atoms with Gasteiger partial charge in [0.2, 0.25) is 0 Å². The van der Waals surface area contributed by atoms with Crippen LogP contribution in [0.15, 0.2) is 72.8 Å². The summed E-state index contributed by atoms with van der Waals surface area (Å²) < 4.78 is 4.10. The van der Waals surface area contributed by atoms with Gasteiger partial charge >= 0.3 is 6.28 Å². The van der Waals surface area contributed by atoms with E-state index in [4.69, 9.17) is 41.4 Å². The van der Waals surface area contributed by atoms with Crippen LogP contribution in [0.25, 0.3) is 4.76 Å². The van der Waals surface area contributed by atoms with Crippen LogP contribution in [-0.4, -0.2) is 6.28 Å². The predicted octanol–water partition coefficient (Wildman–Crippen LogP) is 4.53. The second-order valence-corrected chi connectivity index (χ2v) is 6.91. The van der Waals surface area contributed by atoms with Crippen molar-refractivity contribution in [3.05, 3.63) is 99.2 Å². The fourth-order valence-corrected chi connectivity index (χ4v) is 3.40. The molecule has 118 valence electrons. The molecule has 0 N–H and O–H groups in total. The number of hydrogen-bond acceptors (Lipinski definition) is 0. The van der Waals surface area contributed by atoms with Crippen LogP contribution in [0.4, 0.5) is 0 Å². The average molecular weight is 371 g/mol. The highest BCUT2D eigenvalue weighted by Gasteiger charge is 2.40. The number of benzene rings is 3. The Morgan fingerprint density at radius 1 is 0.542 bits per heavy atom. The van der Waals surface area contributed by atoms with E-state index in [0.29, 0.717) is 15.1 Å². The first-order valence-electron chi connectivity index (χ1n) is 7.38. The highest BCUT2D eigenvalue weighted by molar-refractivity contribution is 7.13. The minimum atomic E-state index is -1.83. The molecule has 3 aromatic carbocycles. The number of rotatable bonds is 3. The molecular weight excluding hydrogens is 359 g/mol. The third kappa shape index (κ3) is 3.04. The Bertz CT molecular complexity index is 771. The van der Waals surface area contributed by atoms with E-state index in [1.165, 1.54) is 0 Å². The summed E-state index contributed by atoms with van der Waals surface area (Å²) in [7, 11) is 0. The van der Waals surface area contributed by atoms with Crippen LogP contribution in [0, 0.1) is 6.57 Å². The maximum absolute atomic E-state index is 8.04. The monoisotopic (exact) mass is 370 g/mol. The average Bonchev–Trinajstić information content (AvgIpc) is 2.60. The molecule has 0 amide bonds. The van der Waals surface area contributed by atoms with E-state index in [2.05, 4.69) is 4.76 Å². The lowest BCUT2D eigenvalue weighted by molar-refractivity contribution is 1.68. The summed E-state index contributed by atoms with van der Waals surface area (Å²) in [6, 6.07) is 22.3. The van der Waals surface area contributed by atoms with E-state index in [1.54, 1.807) is 0 Å². The minimum Gasteiger partial charge on any atom is -0.559 e. The highest BCUT2D eigenvalue weighted by atomic mass is 35.5. The molecule has 5 heteroatoms. The molecule has 0 aliphatic heterocycles. The maximum atomic E-state index is 8.04. The highest BCUT2D eigenvalue weighted by Crippen LogP contribution is 2.15. The molecule has 0 aliphatic rings. The largest absolute Gasteiger partial charge is 0.559 e. The smallest absolute Gasteiger partial charge is 0.426 e. The Hall–Kier alpha value is -1.92. The molecular formula is C19H12BCl3N-. The molecule has 0 heterocycles. The third-order valence-electron chi connectivity index (χ3n) is 4.25. The van der Waals surface area contributed by atoms with Gasteiger partial charge in [-0.3, -0.25) is 0 Å². The summed E-state index contributed by atoms with van der Waals surface area (Å²) in [5, 5.41) is 1.92. The van der Waals surface area contributed by atoms with Crippen LogP contribution in [0.3, 0.4) is 0 Å². The van der Waals surface area contributed by atoms with Crippen molar-refractivity contribution in [1.29, 1.82) is 0 Å². The molecule has 24 heavy (non-hydrogen) atoms. The first kappa shape index (κ1) is 16.9. The summed E-state index contributed by atoms with van der Waals surface area (Å²) in [5.41, 5.74) is 2.71. The Morgan fingerprint density at radius 2 is 0.792 bits per heavy atom. The summed E-state index contributed by atoms with van der Waals surface area (Å²) in [4.78, 5) is 0. The molecule has 0 bridgehead atoms. The molecule has 3 rings (SSSR count). The van der Waals surface area contributed by atoms with E-state index in [1.807, 2.05) is 72.8 Å². The first-order valence-corrected chi connectivity index (χ1v) is 8.51. The fraction of sp³-hybridized carbons (Fsp3) is 0. The zero-order chi connectivity index (χ0) is 17.2. The van der Waals surface area contributed by atoms with Gasteiger partial charge in [0.1, 0.15) is 0 Å². The molecule has 0 saturated heterocycles. The molecule has 0 aliphatic carbocycles. The van der Waals surface area contributed by atoms with E-state index in [9.17, 15) is 0 Å². The summed E-state index contributed by atoms with van der Waals surface area (Å²) in [6.07, 6.45) is -1.83. The standard InChI is InChI=1S/C19H12BCl3N/c1-24-20(14-2-8-17(21)9-3-14,15-4-10-18(22)11-5-15)16-6-12-19(23)13-7-16/h2-13H/q-1. The molecule has 0 unspecified atom stereocenters. The molecule has 3 aromatic rings. The van der Waals surface area contributed by atoms with E-state index < -0.39 is 6.28 Å². The van der Waals surface area contributed by atoms with Gasteiger partial charge in [-0.15, -0.1) is 16.4 Å². The van der Waals surface area contributed by atoms with Crippen LogP contribution in [-0.2, 0) is 0 Å². The summed E-state index contributed by atoms with van der Waals surface area (Å²) in [5.74, 6) is 0. The second kappa shape index (κ2) is 6.91. The fourth-order valence-electron chi connectivity index (χ4n) is 3.02. The van der Waals surface area contributed by atoms with Crippen molar-refractivity contribution in [2.45, 2.75) is 0 Å². The van der Waals surface area contributed by atoms with Crippen molar-refractivity contribution in [3.8, 4) is 0 Å². The topological polar surface area (TPSA) is 4.36 Å². The van der Waals surface area contributed by atoms with Gasteiger partial charge in [-0.2, -0.15) is 0 Å². The Labute approximate surface area is 156 Å². The maximum Gasteiger partial charge on any atom is 0.426 e. The van der Waals surface area contributed by atoms with Crippen LogP contribution >= 0.6 is 34.8 Å². The Morgan fingerprint density at radius 3 is 1.00 bits per heavy atom. The van der Waals surface area contributed by atoms with Crippen molar-refractivity contribution in [2.24, 2.45) is 0 Å². The molecule has 0 fully saturated rings. The van der Waals surface area contributed by atoms with Gasteiger partial charge in [-0.05, 0) is 36.4 Å². The van der Waals surface area contributed by atoms with Gasteiger partial charge < -0.3 is 11.3 Å². The summed E-state index contributed by atoms with van der Waals surface area (Å²) >= 11 is 18.1. The van der Waals surface area contributed by atoms with Crippen LogP contribution in [0.1, 0.15) is 0 Å². The van der Waals surface area contributed by atoms with Crippen LogP contribution < -0.4 is 16.4 Å². The zero-order valence-corrected chi connectivity index (χ0v) is 14.9. The van der Waals surface area contributed by atoms with E-state index in [0.717, 1.165) is 16.4 Å². The first-order chi connectivity index (χ1) is 11.6. The van der Waals surface area contributed by atoms with Gasteiger partial charge in [0.15, 0.2) is 0 Å². The lowest BCUT2D eigenvalue weighted by Gasteiger charge is -2.30. The van der Waals surface area contributed by atoms with E-state index >= 15 is 0 Å². The number of halogens is 3.